The Bertz CT molecular complexity index is 569. The van der Waals surface area contributed by atoms with Crippen molar-refractivity contribution < 1.29 is 9.59 Å². The van der Waals surface area contributed by atoms with E-state index >= 15 is 0 Å². The summed E-state index contributed by atoms with van der Waals surface area (Å²) in [6, 6.07) is 7.91. The lowest BCUT2D eigenvalue weighted by atomic mass is 9.97. The third kappa shape index (κ3) is 3.65. The first-order chi connectivity index (χ1) is 10.6. The van der Waals surface area contributed by atoms with E-state index in [0.29, 0.717) is 6.54 Å². The van der Waals surface area contributed by atoms with Gasteiger partial charge in [0.2, 0.25) is 11.8 Å². The lowest BCUT2D eigenvalue weighted by molar-refractivity contribution is -0.123. The van der Waals surface area contributed by atoms with Gasteiger partial charge >= 0.3 is 0 Å². The quantitative estimate of drug-likeness (QED) is 0.869. The molecular weight excluding hydrogens is 278 g/mol. The summed E-state index contributed by atoms with van der Waals surface area (Å²) in [6.07, 6.45) is 3.87. The molecule has 1 atom stereocenters. The first-order valence-electron chi connectivity index (χ1n) is 8.04. The van der Waals surface area contributed by atoms with Gasteiger partial charge in [-0.05, 0) is 43.9 Å². The number of rotatable bonds is 5. The lowest BCUT2D eigenvalue weighted by Gasteiger charge is -2.31. The maximum atomic E-state index is 12.0. The normalized spacial score (nSPS) is 22.3. The summed E-state index contributed by atoms with van der Waals surface area (Å²) in [5.41, 5.74) is 7.42. The standard InChI is InChI=1S/C17H23N3O2/c18-16(21)14-5-3-9-20(11-14)10-13-4-1-2-6-15(13)19-17(22)12-7-8-12/h1-2,4,6,12,14H,3,5,7-11H2,(H2,18,21)(H,19,22)/t14-/m0/s1. The van der Waals surface area contributed by atoms with Gasteiger partial charge in [-0.3, -0.25) is 14.5 Å². The van der Waals surface area contributed by atoms with Crippen molar-refractivity contribution in [1.29, 1.82) is 0 Å². The van der Waals surface area contributed by atoms with Crippen LogP contribution in [0.15, 0.2) is 24.3 Å². The van der Waals surface area contributed by atoms with Crippen LogP contribution in [0.3, 0.4) is 0 Å². The fraction of sp³-hybridized carbons (Fsp3) is 0.529. The molecule has 2 fully saturated rings. The van der Waals surface area contributed by atoms with Crippen LogP contribution >= 0.6 is 0 Å². The highest BCUT2D eigenvalue weighted by molar-refractivity contribution is 5.94. The predicted molar refractivity (Wildman–Crippen MR) is 85.0 cm³/mol. The second kappa shape index (κ2) is 6.48. The average molecular weight is 301 g/mol. The zero-order chi connectivity index (χ0) is 15.5. The summed E-state index contributed by atoms with van der Waals surface area (Å²) in [5, 5.41) is 3.04. The minimum absolute atomic E-state index is 0.0537. The van der Waals surface area contributed by atoms with Crippen molar-refractivity contribution in [2.75, 3.05) is 18.4 Å². The van der Waals surface area contributed by atoms with Crippen LogP contribution in [-0.4, -0.2) is 29.8 Å². The van der Waals surface area contributed by atoms with Crippen molar-refractivity contribution in [2.24, 2.45) is 17.6 Å². The Balaban J connectivity index is 1.66. The van der Waals surface area contributed by atoms with Crippen LogP contribution in [0.5, 0.6) is 0 Å². The van der Waals surface area contributed by atoms with Gasteiger partial charge in [0.05, 0.1) is 5.92 Å². The Morgan fingerprint density at radius 1 is 1.18 bits per heavy atom. The number of para-hydroxylation sites is 1. The van der Waals surface area contributed by atoms with E-state index in [1.54, 1.807) is 0 Å². The van der Waals surface area contributed by atoms with Gasteiger partial charge in [0.1, 0.15) is 0 Å². The molecule has 118 valence electrons. The van der Waals surface area contributed by atoms with Crippen molar-refractivity contribution >= 4 is 17.5 Å². The van der Waals surface area contributed by atoms with Gasteiger partial charge in [0, 0.05) is 24.7 Å². The SMILES string of the molecule is NC(=O)[C@H]1CCCN(Cc2ccccc2NC(=O)C2CC2)C1. The molecule has 3 rings (SSSR count). The van der Waals surface area contributed by atoms with Gasteiger partial charge in [0.25, 0.3) is 0 Å². The van der Waals surface area contributed by atoms with Crippen molar-refractivity contribution in [3.63, 3.8) is 0 Å². The van der Waals surface area contributed by atoms with Gasteiger partial charge < -0.3 is 11.1 Å². The summed E-state index contributed by atoms with van der Waals surface area (Å²) < 4.78 is 0. The van der Waals surface area contributed by atoms with Gasteiger partial charge in [-0.25, -0.2) is 0 Å². The van der Waals surface area contributed by atoms with E-state index in [1.807, 2.05) is 24.3 Å². The monoisotopic (exact) mass is 301 g/mol. The van der Waals surface area contributed by atoms with E-state index in [1.165, 1.54) is 0 Å². The molecule has 5 nitrogen and oxygen atoms in total. The van der Waals surface area contributed by atoms with E-state index in [4.69, 9.17) is 5.73 Å². The van der Waals surface area contributed by atoms with Crippen molar-refractivity contribution in [1.82, 2.24) is 4.90 Å². The smallest absolute Gasteiger partial charge is 0.227 e. The molecule has 5 heteroatoms. The van der Waals surface area contributed by atoms with Gasteiger partial charge in [-0.2, -0.15) is 0 Å². The molecule has 1 saturated heterocycles. The Labute approximate surface area is 130 Å². The van der Waals surface area contributed by atoms with Crippen LogP contribution in [0.1, 0.15) is 31.2 Å². The minimum Gasteiger partial charge on any atom is -0.369 e. The van der Waals surface area contributed by atoms with Crippen molar-refractivity contribution in [2.45, 2.75) is 32.2 Å². The molecule has 1 aromatic rings. The molecule has 0 aromatic heterocycles. The molecule has 1 aliphatic carbocycles. The molecular formula is C17H23N3O2. The van der Waals surface area contributed by atoms with Crippen molar-refractivity contribution in [3.05, 3.63) is 29.8 Å². The van der Waals surface area contributed by atoms with Crippen LogP contribution in [0.4, 0.5) is 5.69 Å². The van der Waals surface area contributed by atoms with E-state index in [0.717, 1.165) is 50.0 Å². The van der Waals surface area contributed by atoms with Crippen LogP contribution in [0, 0.1) is 11.8 Å². The molecule has 0 bridgehead atoms. The number of amides is 2. The Morgan fingerprint density at radius 3 is 2.68 bits per heavy atom. The molecule has 1 saturated carbocycles. The van der Waals surface area contributed by atoms with E-state index < -0.39 is 0 Å². The third-order valence-electron chi connectivity index (χ3n) is 4.53. The zero-order valence-electron chi connectivity index (χ0n) is 12.8. The fourth-order valence-electron chi connectivity index (χ4n) is 3.03. The van der Waals surface area contributed by atoms with E-state index in [2.05, 4.69) is 10.2 Å². The van der Waals surface area contributed by atoms with Crippen LogP contribution in [0.25, 0.3) is 0 Å². The molecule has 3 N–H and O–H groups in total. The largest absolute Gasteiger partial charge is 0.369 e. The van der Waals surface area contributed by atoms with Gasteiger partial charge in [-0.1, -0.05) is 18.2 Å². The fourth-order valence-corrected chi connectivity index (χ4v) is 3.03. The highest BCUT2D eigenvalue weighted by atomic mass is 16.2. The second-order valence-electron chi connectivity index (χ2n) is 6.40. The number of nitrogens with two attached hydrogens (primary N) is 1. The van der Waals surface area contributed by atoms with Crippen molar-refractivity contribution in [3.8, 4) is 0 Å². The van der Waals surface area contributed by atoms with Crippen LogP contribution in [0.2, 0.25) is 0 Å². The average Bonchev–Trinajstić information content (AvgIpc) is 3.34. The maximum absolute atomic E-state index is 12.0. The molecule has 1 aromatic carbocycles. The number of likely N-dealkylation sites (tertiary alicyclic amines) is 1. The first kappa shape index (κ1) is 15.0. The lowest BCUT2D eigenvalue weighted by Crippen LogP contribution is -2.40. The molecule has 0 radical (unpaired) electrons. The number of carbonyl (C=O) groups excluding carboxylic acids is 2. The molecule has 2 amide bonds. The molecule has 1 heterocycles. The molecule has 22 heavy (non-hydrogen) atoms. The summed E-state index contributed by atoms with van der Waals surface area (Å²) in [5.74, 6) is 0.0605. The summed E-state index contributed by atoms with van der Waals surface area (Å²) in [4.78, 5) is 25.6. The Kier molecular flexibility index (Phi) is 4.43. The summed E-state index contributed by atoms with van der Waals surface area (Å²) >= 11 is 0. The number of hydrogen-bond donors (Lipinski definition) is 2. The Hall–Kier alpha value is -1.88. The topological polar surface area (TPSA) is 75.4 Å². The predicted octanol–water partition coefficient (Wildman–Crippen LogP) is 1.73. The molecule has 0 spiro atoms. The molecule has 1 aliphatic heterocycles. The van der Waals surface area contributed by atoms with E-state index in [9.17, 15) is 9.59 Å². The zero-order valence-corrected chi connectivity index (χ0v) is 12.8. The number of hydrogen-bond acceptors (Lipinski definition) is 3. The molecule has 2 aliphatic rings. The second-order valence-corrected chi connectivity index (χ2v) is 6.40. The van der Waals surface area contributed by atoms with Gasteiger partial charge in [-0.15, -0.1) is 0 Å². The number of nitrogens with zero attached hydrogens (tertiary/aromatic N) is 1. The number of carbonyl (C=O) groups is 2. The highest BCUT2D eigenvalue weighted by Crippen LogP contribution is 2.31. The Morgan fingerprint density at radius 2 is 1.95 bits per heavy atom. The maximum Gasteiger partial charge on any atom is 0.227 e. The molecule has 0 unspecified atom stereocenters. The van der Waals surface area contributed by atoms with Crippen LogP contribution < -0.4 is 11.1 Å². The third-order valence-corrected chi connectivity index (χ3v) is 4.53. The first-order valence-corrected chi connectivity index (χ1v) is 8.04. The number of nitrogens with one attached hydrogen (secondary N) is 1. The van der Waals surface area contributed by atoms with Gasteiger partial charge in [0.15, 0.2) is 0 Å². The van der Waals surface area contributed by atoms with Crippen LogP contribution in [-0.2, 0) is 16.1 Å². The number of piperidine rings is 1. The number of anilines is 1. The van der Waals surface area contributed by atoms with E-state index in [-0.39, 0.29) is 23.7 Å². The minimum atomic E-state index is -0.208. The summed E-state index contributed by atoms with van der Waals surface area (Å²) in [7, 11) is 0. The summed E-state index contributed by atoms with van der Waals surface area (Å²) in [6.45, 7) is 2.42. The number of benzene rings is 1. The highest BCUT2D eigenvalue weighted by Gasteiger charge is 2.30. The number of primary amides is 1.